The van der Waals surface area contributed by atoms with Crippen LogP contribution in [0.1, 0.15) is 42.9 Å². The summed E-state index contributed by atoms with van der Waals surface area (Å²) in [6.45, 7) is 1.80. The van der Waals surface area contributed by atoms with Gasteiger partial charge in [0.05, 0.1) is 0 Å². The fraction of sp³-hybridized carbons (Fsp3) is 0.571. The van der Waals surface area contributed by atoms with Crippen molar-refractivity contribution >= 4 is 0 Å². The molecular formula is C14H18F3N. The van der Waals surface area contributed by atoms with Crippen LogP contribution in [0.25, 0.3) is 0 Å². The van der Waals surface area contributed by atoms with E-state index in [1.165, 1.54) is 6.07 Å². The van der Waals surface area contributed by atoms with Crippen molar-refractivity contribution in [3.05, 3.63) is 35.1 Å². The summed E-state index contributed by atoms with van der Waals surface area (Å²) in [4.78, 5) is 0. The highest BCUT2D eigenvalue weighted by Crippen LogP contribution is 2.42. The molecule has 0 aromatic heterocycles. The lowest BCUT2D eigenvalue weighted by Gasteiger charge is -2.17. The molecule has 18 heavy (non-hydrogen) atoms. The maximum atomic E-state index is 13.7. The second kappa shape index (κ2) is 4.92. The van der Waals surface area contributed by atoms with E-state index in [2.05, 4.69) is 0 Å². The molecule has 0 bridgehead atoms. The van der Waals surface area contributed by atoms with Crippen LogP contribution in [0.3, 0.4) is 0 Å². The van der Waals surface area contributed by atoms with E-state index in [1.807, 2.05) is 0 Å². The van der Waals surface area contributed by atoms with Gasteiger partial charge < -0.3 is 5.73 Å². The largest absolute Gasteiger partial charge is 0.324 e. The molecule has 1 aliphatic rings. The fourth-order valence-electron chi connectivity index (χ4n) is 2.66. The summed E-state index contributed by atoms with van der Waals surface area (Å²) >= 11 is 0. The van der Waals surface area contributed by atoms with Gasteiger partial charge in [0.15, 0.2) is 0 Å². The molecule has 0 heterocycles. The lowest BCUT2D eigenvalue weighted by atomic mass is 9.93. The molecular weight excluding hydrogens is 239 g/mol. The Labute approximate surface area is 105 Å². The maximum Gasteiger partial charge on any atom is 0.248 e. The van der Waals surface area contributed by atoms with Crippen LogP contribution in [-0.2, 0) is 0 Å². The van der Waals surface area contributed by atoms with Gasteiger partial charge in [-0.25, -0.2) is 13.2 Å². The van der Waals surface area contributed by atoms with Crippen molar-refractivity contribution in [1.82, 2.24) is 0 Å². The van der Waals surface area contributed by atoms with E-state index in [-0.39, 0.29) is 24.6 Å². The molecule has 0 radical (unpaired) electrons. The molecule has 4 heteroatoms. The number of hydrogen-bond acceptors (Lipinski definition) is 1. The summed E-state index contributed by atoms with van der Waals surface area (Å²) in [6.07, 6.45) is 0.721. The molecule has 1 fully saturated rings. The zero-order valence-electron chi connectivity index (χ0n) is 10.4. The van der Waals surface area contributed by atoms with E-state index in [9.17, 15) is 13.2 Å². The van der Waals surface area contributed by atoms with Gasteiger partial charge >= 0.3 is 0 Å². The number of rotatable bonds is 3. The number of alkyl halides is 2. The highest BCUT2D eigenvalue weighted by atomic mass is 19.3. The summed E-state index contributed by atoms with van der Waals surface area (Å²) < 4.78 is 39.8. The molecule has 0 saturated heterocycles. The molecule has 1 aromatic rings. The Morgan fingerprint density at radius 3 is 2.72 bits per heavy atom. The molecule has 2 unspecified atom stereocenters. The van der Waals surface area contributed by atoms with E-state index in [1.54, 1.807) is 19.1 Å². The Hall–Kier alpha value is -1.03. The number of halogens is 3. The molecule has 0 aliphatic heterocycles. The van der Waals surface area contributed by atoms with Gasteiger partial charge in [-0.1, -0.05) is 12.1 Å². The van der Waals surface area contributed by atoms with Crippen molar-refractivity contribution in [1.29, 1.82) is 0 Å². The van der Waals surface area contributed by atoms with Crippen molar-refractivity contribution in [2.45, 2.75) is 44.6 Å². The van der Waals surface area contributed by atoms with Crippen molar-refractivity contribution in [2.24, 2.45) is 11.7 Å². The van der Waals surface area contributed by atoms with Gasteiger partial charge in [-0.05, 0) is 37.3 Å². The quantitative estimate of drug-likeness (QED) is 0.871. The van der Waals surface area contributed by atoms with Gasteiger partial charge in [0.1, 0.15) is 5.82 Å². The minimum Gasteiger partial charge on any atom is -0.324 e. The third-order valence-electron chi connectivity index (χ3n) is 3.65. The molecule has 100 valence electrons. The Kier molecular flexibility index (Phi) is 3.66. The van der Waals surface area contributed by atoms with Crippen LogP contribution in [-0.4, -0.2) is 5.92 Å². The highest BCUT2D eigenvalue weighted by Gasteiger charge is 2.39. The third-order valence-corrected chi connectivity index (χ3v) is 3.65. The third kappa shape index (κ3) is 3.05. The summed E-state index contributed by atoms with van der Waals surface area (Å²) in [7, 11) is 0. The molecule has 1 aliphatic carbocycles. The zero-order chi connectivity index (χ0) is 13.3. The first-order valence-electron chi connectivity index (χ1n) is 6.27. The SMILES string of the molecule is Cc1ccc(C(N)CC2CCC(F)(F)C2)c(F)c1. The minimum atomic E-state index is -2.56. The van der Waals surface area contributed by atoms with Crippen LogP contribution in [0.2, 0.25) is 0 Å². The number of benzene rings is 1. The molecule has 2 atom stereocenters. The second-order valence-corrected chi connectivity index (χ2v) is 5.33. The van der Waals surface area contributed by atoms with E-state index >= 15 is 0 Å². The molecule has 1 nitrogen and oxygen atoms in total. The Morgan fingerprint density at radius 2 is 2.17 bits per heavy atom. The molecule has 0 amide bonds. The van der Waals surface area contributed by atoms with Crippen LogP contribution in [0.15, 0.2) is 18.2 Å². The van der Waals surface area contributed by atoms with E-state index in [0.29, 0.717) is 18.4 Å². The minimum absolute atomic E-state index is 0.0687. The van der Waals surface area contributed by atoms with E-state index in [4.69, 9.17) is 5.73 Å². The van der Waals surface area contributed by atoms with Crippen LogP contribution in [0.5, 0.6) is 0 Å². The summed E-state index contributed by atoms with van der Waals surface area (Å²) in [5, 5.41) is 0. The van der Waals surface area contributed by atoms with Crippen LogP contribution < -0.4 is 5.73 Å². The predicted octanol–water partition coefficient (Wildman–Crippen LogP) is 3.96. The van der Waals surface area contributed by atoms with Crippen molar-refractivity contribution in [2.75, 3.05) is 0 Å². The fourth-order valence-corrected chi connectivity index (χ4v) is 2.66. The Balaban J connectivity index is 2.02. The molecule has 1 saturated carbocycles. The summed E-state index contributed by atoms with van der Waals surface area (Å²) in [5.41, 5.74) is 7.19. The average molecular weight is 257 g/mol. The topological polar surface area (TPSA) is 26.0 Å². The van der Waals surface area contributed by atoms with Crippen LogP contribution in [0, 0.1) is 18.7 Å². The first-order valence-corrected chi connectivity index (χ1v) is 6.27. The maximum absolute atomic E-state index is 13.7. The normalized spacial score (nSPS) is 24.2. The molecule has 1 aromatic carbocycles. The lowest BCUT2D eigenvalue weighted by Crippen LogP contribution is -2.17. The Bertz CT molecular complexity index is 431. The van der Waals surface area contributed by atoms with E-state index in [0.717, 1.165) is 5.56 Å². The van der Waals surface area contributed by atoms with Crippen molar-refractivity contribution in [3.63, 3.8) is 0 Å². The van der Waals surface area contributed by atoms with E-state index < -0.39 is 12.0 Å². The summed E-state index contributed by atoms with van der Waals surface area (Å²) in [6, 6.07) is 4.38. The van der Waals surface area contributed by atoms with Crippen LogP contribution >= 0.6 is 0 Å². The lowest BCUT2D eigenvalue weighted by molar-refractivity contribution is 0.00446. The molecule has 0 spiro atoms. The van der Waals surface area contributed by atoms with Gasteiger partial charge in [-0.15, -0.1) is 0 Å². The summed E-state index contributed by atoms with van der Waals surface area (Å²) in [5.74, 6) is -3.00. The Morgan fingerprint density at radius 1 is 1.44 bits per heavy atom. The standard InChI is InChI=1S/C14H18F3N/c1-9-2-3-11(12(15)6-9)13(18)7-10-4-5-14(16,17)8-10/h2-3,6,10,13H,4-5,7-8,18H2,1H3. The van der Waals surface area contributed by atoms with Crippen LogP contribution in [0.4, 0.5) is 13.2 Å². The molecule has 2 rings (SSSR count). The first-order chi connectivity index (χ1) is 8.37. The zero-order valence-corrected chi connectivity index (χ0v) is 10.4. The number of aryl methyl sites for hydroxylation is 1. The van der Waals surface area contributed by atoms with Crippen molar-refractivity contribution in [3.8, 4) is 0 Å². The van der Waals surface area contributed by atoms with Gasteiger partial charge in [-0.2, -0.15) is 0 Å². The van der Waals surface area contributed by atoms with Gasteiger partial charge in [-0.3, -0.25) is 0 Å². The van der Waals surface area contributed by atoms with Gasteiger partial charge in [0.2, 0.25) is 5.92 Å². The van der Waals surface area contributed by atoms with Crippen molar-refractivity contribution < 1.29 is 13.2 Å². The molecule has 2 N–H and O–H groups in total. The number of hydrogen-bond donors (Lipinski definition) is 1. The van der Waals surface area contributed by atoms with Gasteiger partial charge in [0, 0.05) is 24.4 Å². The monoisotopic (exact) mass is 257 g/mol. The predicted molar refractivity (Wildman–Crippen MR) is 65.0 cm³/mol. The number of nitrogens with two attached hydrogens (primary N) is 1. The average Bonchev–Trinajstić information content (AvgIpc) is 2.57. The highest BCUT2D eigenvalue weighted by molar-refractivity contribution is 5.26. The van der Waals surface area contributed by atoms with Gasteiger partial charge in [0.25, 0.3) is 0 Å². The second-order valence-electron chi connectivity index (χ2n) is 5.33. The smallest absolute Gasteiger partial charge is 0.248 e. The first kappa shape index (κ1) is 13.4.